The van der Waals surface area contributed by atoms with E-state index in [1.165, 1.54) is 16.7 Å². The Kier molecular flexibility index (Phi) is 4.18. The van der Waals surface area contributed by atoms with E-state index >= 15 is 0 Å². The number of benzene rings is 1. The first kappa shape index (κ1) is 15.7. The zero-order valence-corrected chi connectivity index (χ0v) is 13.2. The van der Waals surface area contributed by atoms with Crippen LogP contribution in [0.25, 0.3) is 0 Å². The van der Waals surface area contributed by atoms with Crippen LogP contribution in [0.2, 0.25) is 0 Å². The normalized spacial score (nSPS) is 19.0. The number of aromatic nitrogens is 2. The second kappa shape index (κ2) is 6.13. The number of sulfonamides is 1. The lowest BCUT2D eigenvalue weighted by atomic mass is 10.1. The number of rotatable bonds is 5. The summed E-state index contributed by atoms with van der Waals surface area (Å²) in [6.45, 7) is 0.721. The van der Waals surface area contributed by atoms with Gasteiger partial charge < -0.3 is 5.11 Å². The molecule has 0 amide bonds. The van der Waals surface area contributed by atoms with E-state index in [2.05, 4.69) is 5.10 Å². The molecule has 1 aliphatic rings. The van der Waals surface area contributed by atoms with Crippen molar-refractivity contribution in [1.29, 1.82) is 0 Å². The fourth-order valence-corrected chi connectivity index (χ4v) is 4.09. The van der Waals surface area contributed by atoms with Gasteiger partial charge in [-0.1, -0.05) is 30.3 Å². The molecule has 7 nitrogen and oxygen atoms in total. The third kappa shape index (κ3) is 3.27. The van der Waals surface area contributed by atoms with Crippen LogP contribution < -0.4 is 0 Å². The maximum absolute atomic E-state index is 12.5. The molecule has 8 heteroatoms. The molecule has 1 saturated heterocycles. The number of hydrogen-bond acceptors (Lipinski definition) is 4. The van der Waals surface area contributed by atoms with Gasteiger partial charge in [-0.3, -0.25) is 9.48 Å². The Morgan fingerprint density at radius 1 is 1.30 bits per heavy atom. The molecule has 1 unspecified atom stereocenters. The summed E-state index contributed by atoms with van der Waals surface area (Å²) in [6, 6.07) is 9.61. The molecule has 1 fully saturated rings. The van der Waals surface area contributed by atoms with Crippen molar-refractivity contribution in [3.05, 3.63) is 48.3 Å². The summed E-state index contributed by atoms with van der Waals surface area (Å²) in [7, 11) is -3.69. The molecule has 0 saturated carbocycles. The Labute approximate surface area is 134 Å². The molecule has 23 heavy (non-hydrogen) atoms. The molecule has 0 spiro atoms. The van der Waals surface area contributed by atoms with Crippen molar-refractivity contribution in [2.24, 2.45) is 5.92 Å². The number of carboxylic acids is 1. The smallest absolute Gasteiger partial charge is 0.307 e. The number of carboxylic acid groups (broad SMARTS) is 1. The minimum Gasteiger partial charge on any atom is -0.481 e. The van der Waals surface area contributed by atoms with Crippen molar-refractivity contribution < 1.29 is 18.3 Å². The van der Waals surface area contributed by atoms with Crippen molar-refractivity contribution in [1.82, 2.24) is 14.1 Å². The maximum Gasteiger partial charge on any atom is 0.307 e. The van der Waals surface area contributed by atoms with Gasteiger partial charge in [0.1, 0.15) is 4.90 Å². The van der Waals surface area contributed by atoms with Crippen LogP contribution in [0.15, 0.2) is 47.6 Å². The topological polar surface area (TPSA) is 92.5 Å². The lowest BCUT2D eigenvalue weighted by molar-refractivity contribution is -0.141. The van der Waals surface area contributed by atoms with Gasteiger partial charge in [0, 0.05) is 19.3 Å². The number of nitrogens with zero attached hydrogens (tertiary/aromatic N) is 3. The highest BCUT2D eigenvalue weighted by Crippen LogP contribution is 2.24. The molecule has 0 bridgehead atoms. The Morgan fingerprint density at radius 2 is 2.04 bits per heavy atom. The molecule has 1 atom stereocenters. The highest BCUT2D eigenvalue weighted by Gasteiger charge is 2.36. The molecular formula is C15H17N3O4S. The maximum atomic E-state index is 12.5. The van der Waals surface area contributed by atoms with Gasteiger partial charge >= 0.3 is 5.97 Å². The third-order valence-corrected chi connectivity index (χ3v) is 5.75. The lowest BCUT2D eigenvalue weighted by Gasteiger charge is -2.14. The van der Waals surface area contributed by atoms with Gasteiger partial charge in [-0.2, -0.15) is 9.40 Å². The van der Waals surface area contributed by atoms with E-state index in [0.717, 1.165) is 5.56 Å². The zero-order valence-electron chi connectivity index (χ0n) is 12.4. The van der Waals surface area contributed by atoms with Crippen molar-refractivity contribution in [2.45, 2.75) is 17.9 Å². The Balaban J connectivity index is 1.75. The molecule has 122 valence electrons. The van der Waals surface area contributed by atoms with E-state index in [9.17, 15) is 13.2 Å². The Morgan fingerprint density at radius 3 is 2.70 bits per heavy atom. The summed E-state index contributed by atoms with van der Waals surface area (Å²) >= 11 is 0. The van der Waals surface area contributed by atoms with Crippen molar-refractivity contribution in [3.8, 4) is 0 Å². The summed E-state index contributed by atoms with van der Waals surface area (Å²) in [4.78, 5) is 11.1. The van der Waals surface area contributed by atoms with Gasteiger partial charge in [-0.25, -0.2) is 8.42 Å². The number of carbonyl (C=O) groups is 1. The predicted molar refractivity (Wildman–Crippen MR) is 82.3 cm³/mol. The van der Waals surface area contributed by atoms with Crippen LogP contribution in [-0.4, -0.2) is 46.7 Å². The first-order chi connectivity index (χ1) is 11.0. The summed E-state index contributed by atoms with van der Waals surface area (Å²) in [5, 5.41) is 13.1. The first-order valence-corrected chi connectivity index (χ1v) is 8.70. The molecule has 1 aliphatic heterocycles. The average molecular weight is 335 g/mol. The Bertz CT molecular complexity index is 801. The summed E-state index contributed by atoms with van der Waals surface area (Å²) < 4.78 is 27.9. The molecule has 0 aliphatic carbocycles. The first-order valence-electron chi connectivity index (χ1n) is 7.26. The highest BCUT2D eigenvalue weighted by molar-refractivity contribution is 7.89. The quantitative estimate of drug-likeness (QED) is 0.881. The second-order valence-electron chi connectivity index (χ2n) is 5.55. The zero-order chi connectivity index (χ0) is 16.4. The Hall–Kier alpha value is -2.19. The van der Waals surface area contributed by atoms with Gasteiger partial charge in [0.15, 0.2) is 0 Å². The van der Waals surface area contributed by atoms with E-state index in [1.807, 2.05) is 30.3 Å². The second-order valence-corrected chi connectivity index (χ2v) is 7.48. The summed E-state index contributed by atoms with van der Waals surface area (Å²) in [6.07, 6.45) is 3.13. The fourth-order valence-electron chi connectivity index (χ4n) is 2.63. The minimum atomic E-state index is -3.69. The number of hydrogen-bond donors (Lipinski definition) is 1. The highest BCUT2D eigenvalue weighted by atomic mass is 32.2. The van der Waals surface area contributed by atoms with Gasteiger partial charge in [0.05, 0.1) is 18.7 Å². The van der Waals surface area contributed by atoms with Gasteiger partial charge in [0.25, 0.3) is 0 Å². The SMILES string of the molecule is O=C(O)C1CCN(S(=O)(=O)c2cnn(Cc3ccccc3)c2)C1. The van der Waals surface area contributed by atoms with E-state index in [1.54, 1.807) is 4.68 Å². The van der Waals surface area contributed by atoms with E-state index in [-0.39, 0.29) is 18.0 Å². The van der Waals surface area contributed by atoms with Crippen LogP contribution in [0.4, 0.5) is 0 Å². The van der Waals surface area contributed by atoms with Crippen molar-refractivity contribution >= 4 is 16.0 Å². The predicted octanol–water partition coefficient (Wildman–Crippen LogP) is 1.03. The molecule has 2 aromatic rings. The summed E-state index contributed by atoms with van der Waals surface area (Å²) in [5.41, 5.74) is 1.02. The van der Waals surface area contributed by atoms with Gasteiger partial charge in [0.2, 0.25) is 10.0 Å². The van der Waals surface area contributed by atoms with Crippen LogP contribution in [-0.2, 0) is 21.4 Å². The van der Waals surface area contributed by atoms with Gasteiger partial charge in [-0.15, -0.1) is 0 Å². The molecule has 3 rings (SSSR count). The molecule has 1 aromatic carbocycles. The van der Waals surface area contributed by atoms with Crippen molar-refractivity contribution in [2.75, 3.05) is 13.1 Å². The molecule has 1 aromatic heterocycles. The molecular weight excluding hydrogens is 318 g/mol. The van der Waals surface area contributed by atoms with Crippen LogP contribution in [0.5, 0.6) is 0 Å². The van der Waals surface area contributed by atoms with Crippen molar-refractivity contribution in [3.63, 3.8) is 0 Å². The minimum absolute atomic E-state index is 0.0154. The van der Waals surface area contributed by atoms with Crippen LogP contribution in [0.1, 0.15) is 12.0 Å². The number of aliphatic carboxylic acids is 1. The van der Waals surface area contributed by atoms with Crippen LogP contribution in [0.3, 0.4) is 0 Å². The van der Waals surface area contributed by atoms with E-state index in [0.29, 0.717) is 13.0 Å². The largest absolute Gasteiger partial charge is 0.481 e. The molecule has 0 radical (unpaired) electrons. The van der Waals surface area contributed by atoms with E-state index < -0.39 is 21.9 Å². The average Bonchev–Trinajstić information content (AvgIpc) is 3.18. The summed E-state index contributed by atoms with van der Waals surface area (Å²) in [5.74, 6) is -1.59. The van der Waals surface area contributed by atoms with Gasteiger partial charge in [-0.05, 0) is 12.0 Å². The van der Waals surface area contributed by atoms with Crippen LogP contribution >= 0.6 is 0 Å². The third-order valence-electron chi connectivity index (χ3n) is 3.93. The van der Waals surface area contributed by atoms with Crippen LogP contribution in [0, 0.1) is 5.92 Å². The molecule has 1 N–H and O–H groups in total. The fraction of sp³-hybridized carbons (Fsp3) is 0.333. The lowest BCUT2D eigenvalue weighted by Crippen LogP contribution is -2.29. The standard InChI is InChI=1S/C15H17N3O4S/c19-15(20)13-6-7-18(10-13)23(21,22)14-8-16-17(11-14)9-12-4-2-1-3-5-12/h1-5,8,11,13H,6-7,9-10H2,(H,19,20). The van der Waals surface area contributed by atoms with E-state index in [4.69, 9.17) is 5.11 Å². The molecule has 2 heterocycles. The monoisotopic (exact) mass is 335 g/mol.